The van der Waals surface area contributed by atoms with E-state index in [9.17, 15) is 18.0 Å². The van der Waals surface area contributed by atoms with Gasteiger partial charge in [-0.2, -0.15) is 13.2 Å². The van der Waals surface area contributed by atoms with Gasteiger partial charge in [-0.1, -0.05) is 30.3 Å². The molecule has 1 unspecified atom stereocenters. The largest absolute Gasteiger partial charge is 0.401 e. The van der Waals surface area contributed by atoms with Crippen LogP contribution < -0.4 is 5.32 Å². The molecule has 0 spiro atoms. The second-order valence-electron chi connectivity index (χ2n) is 8.15. The van der Waals surface area contributed by atoms with Gasteiger partial charge in [0.25, 0.3) is 0 Å². The first-order valence-corrected chi connectivity index (χ1v) is 10.2. The number of likely N-dealkylation sites (tertiary alicyclic amines) is 2. The van der Waals surface area contributed by atoms with Crippen LogP contribution in [0.2, 0.25) is 0 Å². The van der Waals surface area contributed by atoms with E-state index in [1.807, 2.05) is 11.0 Å². The summed E-state index contributed by atoms with van der Waals surface area (Å²) in [5.41, 5.74) is 1.36. The number of nitrogens with one attached hydrogen (secondary N) is 1. The molecular weight excluding hydrogens is 367 g/mol. The number of alkyl halides is 3. The minimum atomic E-state index is -4.15. The van der Waals surface area contributed by atoms with Gasteiger partial charge in [0, 0.05) is 26.2 Å². The molecule has 0 aliphatic carbocycles. The van der Waals surface area contributed by atoms with Crippen molar-refractivity contribution in [3.05, 3.63) is 35.9 Å². The highest BCUT2D eigenvalue weighted by molar-refractivity contribution is 5.74. The third-order valence-corrected chi connectivity index (χ3v) is 5.90. The molecule has 3 rings (SSSR count). The molecule has 1 atom stereocenters. The van der Waals surface area contributed by atoms with Crippen molar-refractivity contribution in [3.63, 3.8) is 0 Å². The lowest BCUT2D eigenvalue weighted by atomic mass is 9.90. The quantitative estimate of drug-likeness (QED) is 0.790. The van der Waals surface area contributed by atoms with Crippen LogP contribution in [0.5, 0.6) is 0 Å². The first-order chi connectivity index (χ1) is 13.4. The molecule has 2 fully saturated rings. The fraction of sp³-hybridized carbons (Fsp3) is 0.667. The summed E-state index contributed by atoms with van der Waals surface area (Å²) in [6.07, 6.45) is 0.817. The van der Waals surface area contributed by atoms with Crippen molar-refractivity contribution in [2.24, 2.45) is 11.8 Å². The molecule has 1 N–H and O–H groups in total. The van der Waals surface area contributed by atoms with Gasteiger partial charge in [0.1, 0.15) is 0 Å². The molecule has 156 valence electrons. The SMILES string of the molecule is O=C(NCC1CCN(CC(F)(F)F)C1)N1CCC(CCc2ccccc2)CC1. The van der Waals surface area contributed by atoms with Crippen molar-refractivity contribution in [3.8, 4) is 0 Å². The molecule has 0 saturated carbocycles. The summed E-state index contributed by atoms with van der Waals surface area (Å²) in [4.78, 5) is 15.6. The minimum Gasteiger partial charge on any atom is -0.338 e. The molecule has 1 aromatic carbocycles. The standard InChI is InChI=1S/C21H30F3N3O/c22-21(23,24)16-26-11-8-19(15-26)14-25-20(28)27-12-9-18(10-13-27)7-6-17-4-2-1-3-5-17/h1-5,18-19H,6-16H2,(H,25,28). The van der Waals surface area contributed by atoms with E-state index >= 15 is 0 Å². The number of hydrogen-bond acceptors (Lipinski definition) is 2. The number of hydrogen-bond donors (Lipinski definition) is 1. The topological polar surface area (TPSA) is 35.6 Å². The maximum absolute atomic E-state index is 12.5. The highest BCUT2D eigenvalue weighted by Gasteiger charge is 2.34. The predicted molar refractivity (Wildman–Crippen MR) is 103 cm³/mol. The zero-order valence-corrected chi connectivity index (χ0v) is 16.3. The Hall–Kier alpha value is -1.76. The van der Waals surface area contributed by atoms with Crippen molar-refractivity contribution in [1.29, 1.82) is 0 Å². The highest BCUT2D eigenvalue weighted by Crippen LogP contribution is 2.24. The van der Waals surface area contributed by atoms with Gasteiger partial charge in [0.15, 0.2) is 0 Å². The molecule has 2 amide bonds. The Morgan fingerprint density at radius 3 is 2.39 bits per heavy atom. The Morgan fingerprint density at radius 1 is 1.04 bits per heavy atom. The summed E-state index contributed by atoms with van der Waals surface area (Å²) < 4.78 is 37.4. The van der Waals surface area contributed by atoms with Gasteiger partial charge in [-0.05, 0) is 56.0 Å². The van der Waals surface area contributed by atoms with E-state index in [4.69, 9.17) is 0 Å². The predicted octanol–water partition coefficient (Wildman–Crippen LogP) is 3.93. The number of nitrogens with zero attached hydrogens (tertiary/aromatic N) is 2. The first kappa shape index (κ1) is 21.0. The molecule has 1 aromatic rings. The smallest absolute Gasteiger partial charge is 0.338 e. The summed E-state index contributed by atoms with van der Waals surface area (Å²) in [7, 11) is 0. The number of carbonyl (C=O) groups is 1. The Morgan fingerprint density at radius 2 is 1.71 bits per heavy atom. The van der Waals surface area contributed by atoms with E-state index < -0.39 is 12.7 Å². The number of amides is 2. The van der Waals surface area contributed by atoms with Crippen molar-refractivity contribution >= 4 is 6.03 Å². The van der Waals surface area contributed by atoms with Crippen LogP contribution >= 0.6 is 0 Å². The Kier molecular flexibility index (Phi) is 7.21. The second-order valence-corrected chi connectivity index (χ2v) is 8.15. The van der Waals surface area contributed by atoms with Crippen LogP contribution in [-0.4, -0.2) is 61.3 Å². The van der Waals surface area contributed by atoms with Gasteiger partial charge in [-0.15, -0.1) is 0 Å². The zero-order chi connectivity index (χ0) is 20.0. The lowest BCUT2D eigenvalue weighted by Gasteiger charge is -2.32. The average molecular weight is 397 g/mol. The molecule has 2 saturated heterocycles. The summed E-state index contributed by atoms with van der Waals surface area (Å²) in [5, 5.41) is 2.93. The van der Waals surface area contributed by atoms with Crippen LogP contribution in [0.4, 0.5) is 18.0 Å². The van der Waals surface area contributed by atoms with Crippen molar-refractivity contribution in [2.75, 3.05) is 39.3 Å². The van der Waals surface area contributed by atoms with Gasteiger partial charge in [-0.25, -0.2) is 4.79 Å². The van der Waals surface area contributed by atoms with E-state index in [1.165, 1.54) is 10.5 Å². The average Bonchev–Trinajstić information content (AvgIpc) is 3.11. The van der Waals surface area contributed by atoms with Crippen molar-refractivity contribution in [2.45, 2.75) is 38.3 Å². The van der Waals surface area contributed by atoms with Crippen LogP contribution in [0.3, 0.4) is 0 Å². The summed E-state index contributed by atoms with van der Waals surface area (Å²) in [6, 6.07) is 10.4. The number of carbonyl (C=O) groups excluding carboxylic acids is 1. The number of aryl methyl sites for hydroxylation is 1. The third kappa shape index (κ3) is 6.69. The number of piperidine rings is 1. The van der Waals surface area contributed by atoms with E-state index in [-0.39, 0.29) is 11.9 Å². The number of benzene rings is 1. The summed E-state index contributed by atoms with van der Waals surface area (Å²) >= 11 is 0. The van der Waals surface area contributed by atoms with E-state index in [1.54, 1.807) is 0 Å². The number of halogens is 3. The Labute approximate surface area is 165 Å². The molecule has 0 radical (unpaired) electrons. The van der Waals surface area contributed by atoms with Crippen LogP contribution in [0.1, 0.15) is 31.2 Å². The number of urea groups is 1. The molecule has 7 heteroatoms. The molecule has 4 nitrogen and oxygen atoms in total. The third-order valence-electron chi connectivity index (χ3n) is 5.90. The lowest BCUT2D eigenvalue weighted by Crippen LogP contribution is -2.46. The van der Waals surface area contributed by atoms with Gasteiger partial charge >= 0.3 is 12.2 Å². The van der Waals surface area contributed by atoms with Gasteiger partial charge < -0.3 is 10.2 Å². The zero-order valence-electron chi connectivity index (χ0n) is 16.3. The summed E-state index contributed by atoms with van der Waals surface area (Å²) in [6.45, 7) is 1.98. The van der Waals surface area contributed by atoms with Crippen LogP contribution in [-0.2, 0) is 6.42 Å². The molecule has 0 aromatic heterocycles. The normalized spacial score (nSPS) is 21.8. The number of rotatable bonds is 6. The van der Waals surface area contributed by atoms with Crippen LogP contribution in [0.25, 0.3) is 0 Å². The van der Waals surface area contributed by atoms with Crippen molar-refractivity contribution < 1.29 is 18.0 Å². The monoisotopic (exact) mass is 397 g/mol. The summed E-state index contributed by atoms with van der Waals surface area (Å²) in [5.74, 6) is 0.754. The van der Waals surface area contributed by atoms with E-state index in [0.717, 1.165) is 38.8 Å². The fourth-order valence-corrected chi connectivity index (χ4v) is 4.26. The van der Waals surface area contributed by atoms with Crippen molar-refractivity contribution in [1.82, 2.24) is 15.1 Å². The fourth-order valence-electron chi connectivity index (χ4n) is 4.26. The molecular formula is C21H30F3N3O. The van der Waals surface area contributed by atoms with Crippen LogP contribution in [0.15, 0.2) is 30.3 Å². The molecule has 2 heterocycles. The second kappa shape index (κ2) is 9.63. The highest BCUT2D eigenvalue weighted by atomic mass is 19.4. The van der Waals surface area contributed by atoms with Crippen LogP contribution in [0, 0.1) is 11.8 Å². The van der Waals surface area contributed by atoms with E-state index in [0.29, 0.717) is 32.0 Å². The maximum Gasteiger partial charge on any atom is 0.401 e. The maximum atomic E-state index is 12.5. The Balaban J connectivity index is 1.31. The molecule has 0 bridgehead atoms. The van der Waals surface area contributed by atoms with Gasteiger partial charge in [0.2, 0.25) is 0 Å². The first-order valence-electron chi connectivity index (χ1n) is 10.2. The lowest BCUT2D eigenvalue weighted by molar-refractivity contribution is -0.143. The van der Waals surface area contributed by atoms with E-state index in [2.05, 4.69) is 29.6 Å². The molecule has 2 aliphatic rings. The molecule has 28 heavy (non-hydrogen) atoms. The minimum absolute atomic E-state index is 0.0734. The van der Waals surface area contributed by atoms with Gasteiger partial charge in [0.05, 0.1) is 6.54 Å². The molecule has 2 aliphatic heterocycles. The van der Waals surface area contributed by atoms with Gasteiger partial charge in [-0.3, -0.25) is 4.90 Å². The Bertz CT molecular complexity index is 615.